The Balaban J connectivity index is 2.09. The monoisotopic (exact) mass is 253 g/mol. The van der Waals surface area contributed by atoms with E-state index in [1.807, 2.05) is 0 Å². The minimum absolute atomic E-state index is 0.156. The van der Waals surface area contributed by atoms with Crippen molar-refractivity contribution in [2.75, 3.05) is 13.1 Å². The van der Waals surface area contributed by atoms with E-state index in [1.54, 1.807) is 29.2 Å². The van der Waals surface area contributed by atoms with Crippen molar-refractivity contribution in [2.45, 2.75) is 6.42 Å². The van der Waals surface area contributed by atoms with E-state index in [4.69, 9.17) is 16.7 Å². The van der Waals surface area contributed by atoms with E-state index in [-0.39, 0.29) is 12.5 Å². The number of carbonyl (C=O) groups is 2. The standard InChI is InChI=1S/C12H12ClNO3/c13-10-3-1-2-8(6-10)11(15)14-5-4-9(7-14)12(16)17/h1-3,6,9H,4-5,7H2,(H,16,17). The lowest BCUT2D eigenvalue weighted by Gasteiger charge is -2.15. The van der Waals surface area contributed by atoms with Gasteiger partial charge in [0.25, 0.3) is 5.91 Å². The van der Waals surface area contributed by atoms with E-state index in [9.17, 15) is 9.59 Å². The Bertz CT molecular complexity index is 461. The second-order valence-corrected chi connectivity index (χ2v) is 4.52. The van der Waals surface area contributed by atoms with Gasteiger partial charge in [-0.15, -0.1) is 0 Å². The lowest BCUT2D eigenvalue weighted by Crippen LogP contribution is -2.29. The van der Waals surface area contributed by atoms with Gasteiger partial charge in [0.2, 0.25) is 0 Å². The molecule has 1 heterocycles. The maximum atomic E-state index is 12.0. The zero-order valence-corrected chi connectivity index (χ0v) is 9.85. The molecule has 1 aromatic carbocycles. The van der Waals surface area contributed by atoms with Gasteiger partial charge in [-0.3, -0.25) is 9.59 Å². The number of benzene rings is 1. The third-order valence-corrected chi connectivity index (χ3v) is 3.13. The van der Waals surface area contributed by atoms with Crippen molar-refractivity contribution in [2.24, 2.45) is 5.92 Å². The van der Waals surface area contributed by atoms with Gasteiger partial charge in [-0.2, -0.15) is 0 Å². The topological polar surface area (TPSA) is 57.6 Å². The zero-order chi connectivity index (χ0) is 12.4. The predicted octanol–water partition coefficient (Wildman–Crippen LogP) is 1.89. The van der Waals surface area contributed by atoms with Crippen LogP contribution in [0.15, 0.2) is 24.3 Å². The molecule has 17 heavy (non-hydrogen) atoms. The van der Waals surface area contributed by atoms with Crippen molar-refractivity contribution < 1.29 is 14.7 Å². The first-order valence-corrected chi connectivity index (χ1v) is 5.73. The average Bonchev–Trinajstić information content (AvgIpc) is 2.77. The number of nitrogens with zero attached hydrogens (tertiary/aromatic N) is 1. The Hall–Kier alpha value is -1.55. The Morgan fingerprint density at radius 2 is 2.18 bits per heavy atom. The minimum Gasteiger partial charge on any atom is -0.481 e. The van der Waals surface area contributed by atoms with Crippen LogP contribution in [0.1, 0.15) is 16.8 Å². The number of hydrogen-bond donors (Lipinski definition) is 1. The molecule has 1 aliphatic heterocycles. The number of carboxylic acids is 1. The molecule has 90 valence electrons. The van der Waals surface area contributed by atoms with Gasteiger partial charge >= 0.3 is 5.97 Å². The first kappa shape index (κ1) is 11.9. The normalized spacial score (nSPS) is 19.4. The minimum atomic E-state index is -0.841. The van der Waals surface area contributed by atoms with Crippen LogP contribution in [0.4, 0.5) is 0 Å². The lowest BCUT2D eigenvalue weighted by atomic mass is 10.1. The second-order valence-electron chi connectivity index (χ2n) is 4.09. The highest BCUT2D eigenvalue weighted by Crippen LogP contribution is 2.20. The molecule has 1 saturated heterocycles. The highest BCUT2D eigenvalue weighted by atomic mass is 35.5. The summed E-state index contributed by atoms with van der Waals surface area (Å²) < 4.78 is 0. The summed E-state index contributed by atoms with van der Waals surface area (Å²) in [6.07, 6.45) is 0.516. The van der Waals surface area contributed by atoms with Crippen LogP contribution in [-0.4, -0.2) is 35.0 Å². The van der Waals surface area contributed by atoms with Crippen molar-refractivity contribution in [3.63, 3.8) is 0 Å². The van der Waals surface area contributed by atoms with E-state index in [1.165, 1.54) is 0 Å². The SMILES string of the molecule is O=C(O)C1CCN(C(=O)c2cccc(Cl)c2)C1. The van der Waals surface area contributed by atoms with Crippen LogP contribution in [0.5, 0.6) is 0 Å². The van der Waals surface area contributed by atoms with Gasteiger partial charge in [0.1, 0.15) is 0 Å². The van der Waals surface area contributed by atoms with Gasteiger partial charge in [-0.05, 0) is 24.6 Å². The van der Waals surface area contributed by atoms with Gasteiger partial charge in [0.15, 0.2) is 0 Å². The summed E-state index contributed by atoms with van der Waals surface area (Å²) in [5.41, 5.74) is 0.503. The highest BCUT2D eigenvalue weighted by Gasteiger charge is 2.31. The number of amides is 1. The number of carbonyl (C=O) groups excluding carboxylic acids is 1. The van der Waals surface area contributed by atoms with E-state index in [0.29, 0.717) is 23.6 Å². The Morgan fingerprint density at radius 3 is 2.76 bits per heavy atom. The summed E-state index contributed by atoms with van der Waals surface area (Å²) in [6, 6.07) is 6.68. The molecule has 0 aliphatic carbocycles. The van der Waals surface area contributed by atoms with Crippen molar-refractivity contribution >= 4 is 23.5 Å². The molecule has 0 aromatic heterocycles. The predicted molar refractivity (Wildman–Crippen MR) is 63.1 cm³/mol. The van der Waals surface area contributed by atoms with Gasteiger partial charge in [-0.1, -0.05) is 17.7 Å². The third-order valence-electron chi connectivity index (χ3n) is 2.90. The molecule has 1 aromatic rings. The first-order valence-electron chi connectivity index (χ1n) is 5.35. The smallest absolute Gasteiger partial charge is 0.308 e. The number of halogens is 1. The fourth-order valence-electron chi connectivity index (χ4n) is 1.95. The van der Waals surface area contributed by atoms with Gasteiger partial charge < -0.3 is 10.0 Å². The molecule has 2 rings (SSSR count). The second kappa shape index (κ2) is 4.75. The van der Waals surface area contributed by atoms with Crippen LogP contribution in [0.3, 0.4) is 0 Å². The van der Waals surface area contributed by atoms with Crippen molar-refractivity contribution in [1.82, 2.24) is 4.90 Å². The van der Waals surface area contributed by atoms with E-state index >= 15 is 0 Å². The van der Waals surface area contributed by atoms with Gasteiger partial charge in [-0.25, -0.2) is 0 Å². The molecule has 1 amide bonds. The number of hydrogen-bond acceptors (Lipinski definition) is 2. The van der Waals surface area contributed by atoms with Crippen LogP contribution in [-0.2, 0) is 4.79 Å². The summed E-state index contributed by atoms with van der Waals surface area (Å²) >= 11 is 5.81. The van der Waals surface area contributed by atoms with Crippen LogP contribution in [0.25, 0.3) is 0 Å². The molecule has 5 heteroatoms. The summed E-state index contributed by atoms with van der Waals surface area (Å²) in [7, 11) is 0. The molecular formula is C12H12ClNO3. The van der Waals surface area contributed by atoms with Gasteiger partial charge in [0.05, 0.1) is 5.92 Å². The molecule has 0 bridgehead atoms. The number of aliphatic carboxylic acids is 1. The van der Waals surface area contributed by atoms with E-state index < -0.39 is 11.9 Å². The van der Waals surface area contributed by atoms with Crippen LogP contribution in [0, 0.1) is 5.92 Å². The Labute approximate surface area is 104 Å². The molecule has 1 aliphatic rings. The number of carboxylic acid groups (broad SMARTS) is 1. The largest absolute Gasteiger partial charge is 0.481 e. The summed E-state index contributed by atoms with van der Waals surface area (Å²) in [5, 5.41) is 9.37. The van der Waals surface area contributed by atoms with E-state index in [2.05, 4.69) is 0 Å². The quantitative estimate of drug-likeness (QED) is 0.876. The molecule has 1 unspecified atom stereocenters. The zero-order valence-electron chi connectivity index (χ0n) is 9.10. The number of rotatable bonds is 2. The lowest BCUT2D eigenvalue weighted by molar-refractivity contribution is -0.141. The summed E-state index contributed by atoms with van der Waals surface area (Å²) in [5.74, 6) is -1.44. The van der Waals surface area contributed by atoms with Crippen molar-refractivity contribution in [3.8, 4) is 0 Å². The first-order chi connectivity index (χ1) is 8.08. The maximum absolute atomic E-state index is 12.0. The molecule has 0 saturated carbocycles. The Morgan fingerprint density at radius 1 is 1.41 bits per heavy atom. The maximum Gasteiger partial charge on any atom is 0.308 e. The van der Waals surface area contributed by atoms with Crippen LogP contribution >= 0.6 is 11.6 Å². The molecule has 1 N–H and O–H groups in total. The third kappa shape index (κ3) is 2.58. The van der Waals surface area contributed by atoms with E-state index in [0.717, 1.165) is 0 Å². The molecule has 1 fully saturated rings. The van der Waals surface area contributed by atoms with Crippen LogP contribution < -0.4 is 0 Å². The molecular weight excluding hydrogens is 242 g/mol. The fraction of sp³-hybridized carbons (Fsp3) is 0.333. The van der Waals surface area contributed by atoms with Crippen molar-refractivity contribution in [1.29, 1.82) is 0 Å². The van der Waals surface area contributed by atoms with Crippen molar-refractivity contribution in [3.05, 3.63) is 34.9 Å². The molecule has 1 atom stereocenters. The Kier molecular flexibility index (Phi) is 3.33. The molecule has 4 nitrogen and oxygen atoms in total. The summed E-state index contributed by atoms with van der Waals surface area (Å²) in [6.45, 7) is 0.767. The number of likely N-dealkylation sites (tertiary alicyclic amines) is 1. The van der Waals surface area contributed by atoms with Gasteiger partial charge in [0, 0.05) is 23.7 Å². The summed E-state index contributed by atoms with van der Waals surface area (Å²) in [4.78, 5) is 24.4. The average molecular weight is 254 g/mol. The molecule has 0 spiro atoms. The molecule has 0 radical (unpaired) electrons. The fourth-order valence-corrected chi connectivity index (χ4v) is 2.14. The highest BCUT2D eigenvalue weighted by molar-refractivity contribution is 6.30. The van der Waals surface area contributed by atoms with Crippen LogP contribution in [0.2, 0.25) is 5.02 Å².